The lowest BCUT2D eigenvalue weighted by Crippen LogP contribution is -2.44. The van der Waals surface area contributed by atoms with Crippen LogP contribution in [0.2, 0.25) is 0 Å². The molecule has 2 N–H and O–H groups in total. The van der Waals surface area contributed by atoms with E-state index in [9.17, 15) is 23.2 Å². The summed E-state index contributed by atoms with van der Waals surface area (Å²) in [4.78, 5) is 48.3. The lowest BCUT2D eigenvalue weighted by atomic mass is 10.0. The highest BCUT2D eigenvalue weighted by Gasteiger charge is 2.28. The number of H-pyrrole nitrogens is 1. The van der Waals surface area contributed by atoms with Gasteiger partial charge in [0.25, 0.3) is 11.5 Å². The van der Waals surface area contributed by atoms with Crippen molar-refractivity contribution in [1.29, 1.82) is 0 Å². The summed E-state index contributed by atoms with van der Waals surface area (Å²) in [7, 11) is 0. The number of ether oxygens (including phenoxy) is 2. The molecule has 6 rings (SSSR count). The number of pyridine rings is 2. The first kappa shape index (κ1) is 33.4. The molecule has 0 atom stereocenters. The second-order valence-electron chi connectivity index (χ2n) is 13.0. The Kier molecular flexibility index (Phi) is 9.48. The van der Waals surface area contributed by atoms with Crippen molar-refractivity contribution >= 4 is 23.0 Å². The van der Waals surface area contributed by atoms with Crippen LogP contribution in [0.1, 0.15) is 55.1 Å². The number of aromatic nitrogens is 3. The molecule has 12 heteroatoms. The average molecular weight is 670 g/mol. The maximum absolute atomic E-state index is 13.7. The van der Waals surface area contributed by atoms with Crippen LogP contribution in [0.3, 0.4) is 0 Å². The average Bonchev–Trinajstić information content (AvgIpc) is 3.50. The van der Waals surface area contributed by atoms with Gasteiger partial charge in [-0.1, -0.05) is 6.07 Å². The van der Waals surface area contributed by atoms with Gasteiger partial charge in [-0.15, -0.1) is 0 Å². The lowest BCUT2D eigenvalue weighted by Gasteiger charge is -2.33. The van der Waals surface area contributed by atoms with Gasteiger partial charge >= 0.3 is 6.09 Å². The fourth-order valence-corrected chi connectivity index (χ4v) is 5.80. The summed E-state index contributed by atoms with van der Waals surface area (Å²) in [5.74, 6) is -1.97. The molecule has 0 saturated carbocycles. The molecule has 1 saturated heterocycles. The smallest absolute Gasteiger partial charge is 0.410 e. The number of likely N-dealkylation sites (tertiary alicyclic amines) is 1. The molecule has 0 bridgehead atoms. The highest BCUT2D eigenvalue weighted by Crippen LogP contribution is 2.32. The molecular formula is C37H37F2N5O5. The number of nitrogens with zero attached hydrogens (tertiary/aromatic N) is 3. The number of aromatic amines is 1. The standard InChI is InChI=1S/C37H37F2N5O5/c1-37(2,3)49-36(47)43-14-10-26(11-15-43)48-27-17-24(16-25(19-27)30-21-41-33-28(30)6-4-12-40-33)20-42-34(45)29-7-5-13-44(35(29)46)22-23-8-9-31(38)32(39)18-23/h4-9,12-13,16-19,21,26H,10-11,14-15,20,22H2,1-3H3,(H,40,41)(H,42,45). The first-order chi connectivity index (χ1) is 23.4. The van der Waals surface area contributed by atoms with Crippen molar-refractivity contribution in [1.82, 2.24) is 24.8 Å². The Balaban J connectivity index is 1.20. The molecular weight excluding hydrogens is 632 g/mol. The summed E-state index contributed by atoms with van der Waals surface area (Å²) in [5.41, 5.74) is 2.38. The van der Waals surface area contributed by atoms with E-state index in [4.69, 9.17) is 9.47 Å². The molecule has 4 heterocycles. The van der Waals surface area contributed by atoms with Crippen LogP contribution >= 0.6 is 0 Å². The van der Waals surface area contributed by atoms with E-state index in [1.807, 2.05) is 57.3 Å². The maximum atomic E-state index is 13.7. The van der Waals surface area contributed by atoms with Crippen molar-refractivity contribution in [2.75, 3.05) is 13.1 Å². The quantitative estimate of drug-likeness (QED) is 0.197. The van der Waals surface area contributed by atoms with Crippen molar-refractivity contribution in [3.05, 3.63) is 118 Å². The zero-order chi connectivity index (χ0) is 34.7. The number of amides is 2. The fraction of sp³-hybridized carbons (Fsp3) is 0.297. The van der Waals surface area contributed by atoms with Crippen LogP contribution in [0.4, 0.5) is 13.6 Å². The minimum absolute atomic E-state index is 0.0317. The number of rotatable bonds is 8. The molecule has 254 valence electrons. The maximum Gasteiger partial charge on any atom is 0.410 e. The number of carbonyl (C=O) groups is 2. The molecule has 10 nitrogen and oxygen atoms in total. The van der Waals surface area contributed by atoms with Crippen molar-refractivity contribution in [2.24, 2.45) is 0 Å². The molecule has 3 aromatic heterocycles. The summed E-state index contributed by atoms with van der Waals surface area (Å²) < 4.78 is 40.4. The Morgan fingerprint density at radius 1 is 1.00 bits per heavy atom. The normalized spacial score (nSPS) is 13.8. The Morgan fingerprint density at radius 2 is 1.80 bits per heavy atom. The van der Waals surface area contributed by atoms with Gasteiger partial charge in [0.05, 0.1) is 6.54 Å². The van der Waals surface area contributed by atoms with Crippen molar-refractivity contribution in [3.8, 4) is 16.9 Å². The first-order valence-corrected chi connectivity index (χ1v) is 16.1. The van der Waals surface area contributed by atoms with Crippen LogP contribution in [0.5, 0.6) is 5.75 Å². The molecule has 1 fully saturated rings. The number of carbonyl (C=O) groups excluding carboxylic acids is 2. The summed E-state index contributed by atoms with van der Waals surface area (Å²) in [6.07, 6.45) is 5.84. The molecule has 0 unspecified atom stereocenters. The van der Waals surface area contributed by atoms with Crippen LogP contribution in [0.15, 0.2) is 84.0 Å². The first-order valence-electron chi connectivity index (χ1n) is 16.1. The van der Waals surface area contributed by atoms with E-state index in [1.54, 1.807) is 17.2 Å². The van der Waals surface area contributed by atoms with E-state index in [2.05, 4.69) is 15.3 Å². The van der Waals surface area contributed by atoms with Crippen molar-refractivity contribution in [3.63, 3.8) is 0 Å². The fourth-order valence-electron chi connectivity index (χ4n) is 5.80. The molecule has 0 spiro atoms. The van der Waals surface area contributed by atoms with Gasteiger partial charge in [-0.2, -0.15) is 0 Å². The monoisotopic (exact) mass is 669 g/mol. The molecule has 2 amide bonds. The summed E-state index contributed by atoms with van der Waals surface area (Å²) >= 11 is 0. The minimum Gasteiger partial charge on any atom is -0.490 e. The Labute approximate surface area is 281 Å². The molecule has 5 aromatic rings. The predicted molar refractivity (Wildman–Crippen MR) is 180 cm³/mol. The summed E-state index contributed by atoms with van der Waals surface area (Å²) in [6.45, 7) is 6.59. The third-order valence-electron chi connectivity index (χ3n) is 8.18. The number of hydrogen-bond donors (Lipinski definition) is 2. The number of halogens is 2. The van der Waals surface area contributed by atoms with E-state index in [0.717, 1.165) is 39.9 Å². The Hall–Kier alpha value is -5.52. The summed E-state index contributed by atoms with van der Waals surface area (Å²) in [5, 5.41) is 3.77. The zero-order valence-electron chi connectivity index (χ0n) is 27.5. The number of benzene rings is 2. The topological polar surface area (TPSA) is 119 Å². The zero-order valence-corrected chi connectivity index (χ0v) is 27.5. The third-order valence-corrected chi connectivity index (χ3v) is 8.18. The van der Waals surface area contributed by atoms with Crippen LogP contribution < -0.4 is 15.6 Å². The van der Waals surface area contributed by atoms with Gasteiger partial charge in [0, 0.05) is 62.0 Å². The molecule has 1 aliphatic heterocycles. The third kappa shape index (κ3) is 7.97. The van der Waals surface area contributed by atoms with Gasteiger partial charge < -0.3 is 29.2 Å². The SMILES string of the molecule is CC(C)(C)OC(=O)N1CCC(Oc2cc(CNC(=O)c3cccn(Cc4ccc(F)c(F)c4)c3=O)cc(-c3c[nH]c4ncccc34)c2)CC1. The number of nitrogens with one attached hydrogen (secondary N) is 2. The molecule has 0 radical (unpaired) electrons. The molecule has 2 aromatic carbocycles. The van der Waals surface area contributed by atoms with E-state index in [-0.39, 0.29) is 30.9 Å². The van der Waals surface area contributed by atoms with E-state index in [1.165, 1.54) is 22.9 Å². The second-order valence-corrected chi connectivity index (χ2v) is 13.0. The van der Waals surface area contributed by atoms with Crippen molar-refractivity contribution < 1.29 is 27.8 Å². The van der Waals surface area contributed by atoms with Gasteiger partial charge in [0.1, 0.15) is 28.7 Å². The van der Waals surface area contributed by atoms with E-state index in [0.29, 0.717) is 37.2 Å². The van der Waals surface area contributed by atoms with Gasteiger partial charge in [-0.25, -0.2) is 18.6 Å². The number of hydrogen-bond acceptors (Lipinski definition) is 6. The van der Waals surface area contributed by atoms with Crippen molar-refractivity contribution in [2.45, 2.75) is 58.4 Å². The largest absolute Gasteiger partial charge is 0.490 e. The van der Waals surface area contributed by atoms with Gasteiger partial charge in [-0.3, -0.25) is 9.59 Å². The van der Waals surface area contributed by atoms with E-state index >= 15 is 0 Å². The second kappa shape index (κ2) is 13.9. The van der Waals surface area contributed by atoms with Crippen LogP contribution in [-0.4, -0.2) is 56.2 Å². The summed E-state index contributed by atoms with van der Waals surface area (Å²) in [6, 6.07) is 16.0. The molecule has 49 heavy (non-hydrogen) atoms. The highest BCUT2D eigenvalue weighted by atomic mass is 19.2. The molecule has 1 aliphatic rings. The number of piperidine rings is 1. The minimum atomic E-state index is -1.01. The lowest BCUT2D eigenvalue weighted by molar-refractivity contribution is 0.0126. The van der Waals surface area contributed by atoms with Gasteiger partial charge in [-0.05, 0) is 92.1 Å². The molecule has 0 aliphatic carbocycles. The predicted octanol–water partition coefficient (Wildman–Crippen LogP) is 6.43. The Morgan fingerprint density at radius 3 is 2.55 bits per heavy atom. The van der Waals surface area contributed by atoms with E-state index < -0.39 is 28.7 Å². The Bertz CT molecular complexity index is 2060. The van der Waals surface area contributed by atoms with Gasteiger partial charge in [0.15, 0.2) is 11.6 Å². The van der Waals surface area contributed by atoms with Crippen LogP contribution in [-0.2, 0) is 17.8 Å². The van der Waals surface area contributed by atoms with Crippen LogP contribution in [0, 0.1) is 11.6 Å². The van der Waals surface area contributed by atoms with Gasteiger partial charge in [0.2, 0.25) is 0 Å². The van der Waals surface area contributed by atoms with Crippen LogP contribution in [0.25, 0.3) is 22.2 Å². The number of fused-ring (bicyclic) bond motifs is 1. The highest BCUT2D eigenvalue weighted by molar-refractivity contribution is 5.94.